The van der Waals surface area contributed by atoms with E-state index in [2.05, 4.69) is 10.6 Å². The van der Waals surface area contributed by atoms with E-state index < -0.39 is 0 Å². The quantitative estimate of drug-likeness (QED) is 0.527. The van der Waals surface area contributed by atoms with Gasteiger partial charge in [-0.2, -0.15) is 0 Å². The zero-order chi connectivity index (χ0) is 22.1. The predicted octanol–water partition coefficient (Wildman–Crippen LogP) is 3.72. The van der Waals surface area contributed by atoms with Crippen molar-refractivity contribution in [2.24, 2.45) is 5.92 Å². The zero-order valence-corrected chi connectivity index (χ0v) is 19.2. The summed E-state index contributed by atoms with van der Waals surface area (Å²) < 4.78 is 18.9. The van der Waals surface area contributed by atoms with Gasteiger partial charge < -0.3 is 25.4 Å². The molecule has 2 amide bonds. The maximum Gasteiger partial charge on any atom is 0.318 e. The first-order chi connectivity index (χ1) is 15.0. The van der Waals surface area contributed by atoms with Crippen LogP contribution in [-0.4, -0.2) is 48.4 Å². The van der Waals surface area contributed by atoms with Gasteiger partial charge in [0.1, 0.15) is 11.6 Å². The molecule has 32 heavy (non-hydrogen) atoms. The number of urea groups is 1. The lowest BCUT2D eigenvalue weighted by Crippen LogP contribution is -2.49. The molecule has 0 aromatic heterocycles. The summed E-state index contributed by atoms with van der Waals surface area (Å²) >= 11 is 0. The summed E-state index contributed by atoms with van der Waals surface area (Å²) in [5.41, 5.74) is 1.89. The van der Waals surface area contributed by atoms with Gasteiger partial charge in [-0.25, -0.2) is 9.18 Å². The number of rotatable bonds is 9. The van der Waals surface area contributed by atoms with Crippen LogP contribution in [0.3, 0.4) is 0 Å². The van der Waals surface area contributed by atoms with Crippen molar-refractivity contribution < 1.29 is 19.0 Å². The molecule has 2 aromatic rings. The van der Waals surface area contributed by atoms with Crippen LogP contribution in [0.4, 0.5) is 9.18 Å². The highest BCUT2D eigenvalue weighted by Crippen LogP contribution is 2.17. The number of aliphatic hydroxyl groups excluding tert-OH is 1. The Morgan fingerprint density at radius 3 is 2.41 bits per heavy atom. The largest absolute Gasteiger partial charge is 0.493 e. The van der Waals surface area contributed by atoms with E-state index in [4.69, 9.17) is 9.84 Å². The summed E-state index contributed by atoms with van der Waals surface area (Å²) in [7, 11) is 0. The highest BCUT2D eigenvalue weighted by atomic mass is 35.5. The normalized spacial score (nSPS) is 14.8. The van der Waals surface area contributed by atoms with E-state index in [9.17, 15) is 9.18 Å². The highest BCUT2D eigenvalue weighted by Gasteiger charge is 2.25. The van der Waals surface area contributed by atoms with Crippen molar-refractivity contribution in [2.75, 3.05) is 26.3 Å². The van der Waals surface area contributed by atoms with Crippen LogP contribution in [0.2, 0.25) is 0 Å². The Labute approximate surface area is 195 Å². The van der Waals surface area contributed by atoms with Crippen molar-refractivity contribution in [1.29, 1.82) is 0 Å². The Morgan fingerprint density at radius 1 is 1.16 bits per heavy atom. The molecule has 3 rings (SSSR count). The number of hydrogen-bond donors (Lipinski definition) is 3. The molecular formula is C24H33ClFN3O3. The van der Waals surface area contributed by atoms with E-state index in [1.54, 1.807) is 12.1 Å². The van der Waals surface area contributed by atoms with Crippen molar-refractivity contribution >= 4 is 18.4 Å². The van der Waals surface area contributed by atoms with Gasteiger partial charge in [-0.15, -0.1) is 12.4 Å². The molecule has 1 saturated heterocycles. The Balaban J connectivity index is 0.00000363. The fourth-order valence-electron chi connectivity index (χ4n) is 3.55. The minimum absolute atomic E-state index is 0. The standard InChI is InChI=1S/C24H32FN3O3.ClH/c1-18(16-29)17-31-23-8-4-19(5-9-23)14-27-24(30)28(22-10-12-26-13-11-22)15-20-2-6-21(25)7-3-20;/h2-9,18,22,26,29H,10-17H2,1H3,(H,27,30);1H. The third kappa shape index (κ3) is 7.97. The Bertz CT molecular complexity index is 814. The number of hydrogen-bond acceptors (Lipinski definition) is 4. The lowest BCUT2D eigenvalue weighted by Gasteiger charge is -2.35. The first kappa shape index (κ1) is 25.9. The van der Waals surface area contributed by atoms with Gasteiger partial charge >= 0.3 is 6.03 Å². The molecule has 1 unspecified atom stereocenters. The summed E-state index contributed by atoms with van der Waals surface area (Å²) in [6.45, 7) is 5.10. The van der Waals surface area contributed by atoms with Crippen LogP contribution in [0, 0.1) is 11.7 Å². The van der Waals surface area contributed by atoms with Crippen LogP contribution >= 0.6 is 12.4 Å². The summed E-state index contributed by atoms with van der Waals surface area (Å²) in [5, 5.41) is 15.4. The Kier molecular flexibility index (Phi) is 10.7. The number of piperidine rings is 1. The second-order valence-electron chi connectivity index (χ2n) is 8.14. The summed E-state index contributed by atoms with van der Waals surface area (Å²) in [6.07, 6.45) is 1.79. The van der Waals surface area contributed by atoms with Crippen molar-refractivity contribution in [2.45, 2.75) is 38.9 Å². The van der Waals surface area contributed by atoms with Crippen LogP contribution in [0.15, 0.2) is 48.5 Å². The number of benzene rings is 2. The Hall–Kier alpha value is -2.35. The van der Waals surface area contributed by atoms with E-state index in [1.165, 1.54) is 12.1 Å². The lowest BCUT2D eigenvalue weighted by molar-refractivity contribution is 0.154. The third-order valence-electron chi connectivity index (χ3n) is 5.49. The van der Waals surface area contributed by atoms with Gasteiger partial charge in [0, 0.05) is 31.7 Å². The number of carbonyl (C=O) groups is 1. The van der Waals surface area contributed by atoms with E-state index in [0.29, 0.717) is 19.7 Å². The number of nitrogens with one attached hydrogen (secondary N) is 2. The molecule has 0 saturated carbocycles. The van der Waals surface area contributed by atoms with E-state index >= 15 is 0 Å². The fourth-order valence-corrected chi connectivity index (χ4v) is 3.55. The second-order valence-corrected chi connectivity index (χ2v) is 8.14. The van der Waals surface area contributed by atoms with Crippen molar-refractivity contribution in [3.63, 3.8) is 0 Å². The number of nitrogens with zero attached hydrogens (tertiary/aromatic N) is 1. The average molecular weight is 466 g/mol. The second kappa shape index (κ2) is 13.3. The molecule has 2 aromatic carbocycles. The molecule has 1 aliphatic heterocycles. The maximum absolute atomic E-state index is 13.3. The number of ether oxygens (including phenoxy) is 1. The molecule has 0 bridgehead atoms. The first-order valence-electron chi connectivity index (χ1n) is 10.9. The van der Waals surface area contributed by atoms with Crippen LogP contribution < -0.4 is 15.4 Å². The van der Waals surface area contributed by atoms with Gasteiger partial charge in [0.2, 0.25) is 0 Å². The average Bonchev–Trinajstić information content (AvgIpc) is 2.81. The monoisotopic (exact) mass is 465 g/mol. The highest BCUT2D eigenvalue weighted by molar-refractivity contribution is 5.85. The van der Waals surface area contributed by atoms with Gasteiger partial charge in [-0.1, -0.05) is 31.2 Å². The van der Waals surface area contributed by atoms with Crippen molar-refractivity contribution in [3.05, 3.63) is 65.5 Å². The fraction of sp³-hybridized carbons (Fsp3) is 0.458. The number of carbonyl (C=O) groups excluding carboxylic acids is 1. The molecule has 176 valence electrons. The van der Waals surface area contributed by atoms with Crippen LogP contribution in [-0.2, 0) is 13.1 Å². The first-order valence-corrected chi connectivity index (χ1v) is 10.9. The predicted molar refractivity (Wildman–Crippen MR) is 126 cm³/mol. The molecule has 6 nitrogen and oxygen atoms in total. The van der Waals surface area contributed by atoms with E-state index in [-0.39, 0.29) is 42.8 Å². The van der Waals surface area contributed by atoms with E-state index in [1.807, 2.05) is 36.1 Å². The number of amides is 2. The number of aliphatic hydroxyl groups is 1. The lowest BCUT2D eigenvalue weighted by atomic mass is 10.0. The van der Waals surface area contributed by atoms with Gasteiger partial charge in [0.15, 0.2) is 0 Å². The molecule has 3 N–H and O–H groups in total. The zero-order valence-electron chi connectivity index (χ0n) is 18.4. The maximum atomic E-state index is 13.3. The SMILES string of the molecule is CC(CO)COc1ccc(CNC(=O)N(Cc2ccc(F)cc2)C2CCNCC2)cc1.Cl. The van der Waals surface area contributed by atoms with Crippen LogP contribution in [0.5, 0.6) is 5.75 Å². The minimum atomic E-state index is -0.278. The van der Waals surface area contributed by atoms with Crippen LogP contribution in [0.25, 0.3) is 0 Å². The third-order valence-corrected chi connectivity index (χ3v) is 5.49. The number of halogens is 2. The van der Waals surface area contributed by atoms with Crippen molar-refractivity contribution in [1.82, 2.24) is 15.5 Å². The minimum Gasteiger partial charge on any atom is -0.493 e. The van der Waals surface area contributed by atoms with Gasteiger partial charge in [0.05, 0.1) is 6.61 Å². The molecule has 0 aliphatic carbocycles. The van der Waals surface area contributed by atoms with E-state index in [0.717, 1.165) is 42.8 Å². The topological polar surface area (TPSA) is 73.8 Å². The van der Waals surface area contributed by atoms with Gasteiger partial charge in [-0.05, 0) is 61.3 Å². The molecule has 0 spiro atoms. The van der Waals surface area contributed by atoms with Crippen LogP contribution in [0.1, 0.15) is 30.9 Å². The smallest absolute Gasteiger partial charge is 0.318 e. The molecule has 1 heterocycles. The molecule has 0 radical (unpaired) electrons. The summed E-state index contributed by atoms with van der Waals surface area (Å²) in [4.78, 5) is 14.9. The summed E-state index contributed by atoms with van der Waals surface area (Å²) in [5.74, 6) is 0.545. The Morgan fingerprint density at radius 2 is 1.78 bits per heavy atom. The molecular weight excluding hydrogens is 433 g/mol. The molecule has 8 heteroatoms. The summed E-state index contributed by atoms with van der Waals surface area (Å²) in [6, 6.07) is 13.9. The van der Waals surface area contributed by atoms with Gasteiger partial charge in [-0.3, -0.25) is 0 Å². The van der Waals surface area contributed by atoms with Gasteiger partial charge in [0.25, 0.3) is 0 Å². The molecule has 1 atom stereocenters. The molecule has 1 aliphatic rings. The molecule has 1 fully saturated rings. The van der Waals surface area contributed by atoms with Crippen molar-refractivity contribution in [3.8, 4) is 5.75 Å².